The number of halogens is 2. The second-order valence-corrected chi connectivity index (χ2v) is 5.71. The summed E-state index contributed by atoms with van der Waals surface area (Å²) in [7, 11) is 0. The van der Waals surface area contributed by atoms with Crippen LogP contribution in [-0.2, 0) is 19.1 Å². The molecule has 2 amide bonds. The van der Waals surface area contributed by atoms with Crippen molar-refractivity contribution >= 4 is 35.2 Å². The first-order valence-corrected chi connectivity index (χ1v) is 7.95. The molecule has 1 aliphatic rings. The zero-order valence-corrected chi connectivity index (χ0v) is 13.5. The predicted octanol–water partition coefficient (Wildman–Crippen LogP) is 1.88. The van der Waals surface area contributed by atoms with E-state index in [2.05, 4.69) is 5.32 Å². The van der Waals surface area contributed by atoms with Gasteiger partial charge >= 0.3 is 5.97 Å². The van der Waals surface area contributed by atoms with E-state index in [1.54, 1.807) is 6.92 Å². The standard InChI is InChI=1S/C15H14F2N2O4S/c1-2-23-15(22)6-14-19(13(21)8-24-14)7-12(20)18-11-4-9(16)3-10(17)5-11/h3-6H,2,7-8H2,1H3,(H,18,20)/b14-6-. The zero-order chi connectivity index (χ0) is 17.7. The maximum Gasteiger partial charge on any atom is 0.333 e. The summed E-state index contributed by atoms with van der Waals surface area (Å²) in [5.41, 5.74) is -0.0623. The van der Waals surface area contributed by atoms with E-state index in [4.69, 9.17) is 4.74 Å². The first-order valence-electron chi connectivity index (χ1n) is 6.96. The molecule has 1 aromatic rings. The number of ether oxygens (including phenoxy) is 1. The maximum atomic E-state index is 13.1. The molecule has 0 aromatic heterocycles. The zero-order valence-electron chi connectivity index (χ0n) is 12.7. The van der Waals surface area contributed by atoms with Gasteiger partial charge in [0.15, 0.2) is 0 Å². The molecule has 0 unspecified atom stereocenters. The highest BCUT2D eigenvalue weighted by atomic mass is 32.2. The largest absolute Gasteiger partial charge is 0.463 e. The molecule has 24 heavy (non-hydrogen) atoms. The van der Waals surface area contributed by atoms with Crippen LogP contribution < -0.4 is 5.32 Å². The molecule has 0 aliphatic carbocycles. The van der Waals surface area contributed by atoms with Crippen molar-refractivity contribution in [1.82, 2.24) is 4.90 Å². The van der Waals surface area contributed by atoms with E-state index in [9.17, 15) is 23.2 Å². The van der Waals surface area contributed by atoms with Crippen LogP contribution in [0.1, 0.15) is 6.92 Å². The van der Waals surface area contributed by atoms with Gasteiger partial charge < -0.3 is 10.1 Å². The highest BCUT2D eigenvalue weighted by Gasteiger charge is 2.29. The van der Waals surface area contributed by atoms with Crippen molar-refractivity contribution in [3.8, 4) is 0 Å². The van der Waals surface area contributed by atoms with Crippen LogP contribution in [0.15, 0.2) is 29.3 Å². The number of anilines is 1. The fraction of sp³-hybridized carbons (Fsp3) is 0.267. The minimum absolute atomic E-state index is 0.0623. The minimum atomic E-state index is -0.832. The third-order valence-electron chi connectivity index (χ3n) is 2.89. The van der Waals surface area contributed by atoms with Gasteiger partial charge in [-0.2, -0.15) is 0 Å². The Morgan fingerprint density at radius 3 is 2.62 bits per heavy atom. The molecule has 0 saturated carbocycles. The highest BCUT2D eigenvalue weighted by Crippen LogP contribution is 2.28. The lowest BCUT2D eigenvalue weighted by Crippen LogP contribution is -2.34. The number of rotatable bonds is 5. The molecule has 0 atom stereocenters. The smallest absolute Gasteiger partial charge is 0.333 e. The first-order chi connectivity index (χ1) is 11.4. The van der Waals surface area contributed by atoms with Crippen molar-refractivity contribution in [2.75, 3.05) is 24.2 Å². The van der Waals surface area contributed by atoms with Gasteiger partial charge in [-0.3, -0.25) is 14.5 Å². The van der Waals surface area contributed by atoms with Crippen LogP contribution in [0.3, 0.4) is 0 Å². The molecule has 1 heterocycles. The van der Waals surface area contributed by atoms with Gasteiger partial charge in [0.1, 0.15) is 18.2 Å². The Morgan fingerprint density at radius 1 is 1.33 bits per heavy atom. The Bertz CT molecular complexity index is 688. The van der Waals surface area contributed by atoms with Crippen molar-refractivity contribution < 1.29 is 27.9 Å². The molecule has 1 aromatic carbocycles. The van der Waals surface area contributed by atoms with Crippen LogP contribution in [-0.4, -0.2) is 41.6 Å². The second kappa shape index (κ2) is 7.91. The van der Waals surface area contributed by atoms with Crippen LogP contribution in [0, 0.1) is 11.6 Å². The number of carbonyl (C=O) groups excluding carboxylic acids is 3. The molecule has 6 nitrogen and oxygen atoms in total. The van der Waals surface area contributed by atoms with Crippen molar-refractivity contribution in [3.63, 3.8) is 0 Å². The van der Waals surface area contributed by atoms with E-state index in [1.165, 1.54) is 0 Å². The lowest BCUT2D eigenvalue weighted by Gasteiger charge is -2.16. The summed E-state index contributed by atoms with van der Waals surface area (Å²) in [4.78, 5) is 36.4. The summed E-state index contributed by atoms with van der Waals surface area (Å²) < 4.78 is 31.0. The Kier molecular flexibility index (Phi) is 5.91. The van der Waals surface area contributed by atoms with E-state index in [0.29, 0.717) is 11.1 Å². The van der Waals surface area contributed by atoms with Gasteiger partial charge in [0.2, 0.25) is 11.8 Å². The number of carbonyl (C=O) groups is 3. The number of nitrogens with zero attached hydrogens (tertiary/aromatic N) is 1. The average molecular weight is 356 g/mol. The number of esters is 1. The van der Waals surface area contributed by atoms with Gasteiger partial charge in [0, 0.05) is 11.8 Å². The molecule has 0 radical (unpaired) electrons. The van der Waals surface area contributed by atoms with Gasteiger partial charge in [-0.05, 0) is 19.1 Å². The van der Waals surface area contributed by atoms with Crippen LogP contribution >= 0.6 is 11.8 Å². The normalized spacial score (nSPS) is 15.7. The third-order valence-corrected chi connectivity index (χ3v) is 3.91. The van der Waals surface area contributed by atoms with E-state index < -0.39 is 23.5 Å². The van der Waals surface area contributed by atoms with Gasteiger partial charge in [0.05, 0.1) is 23.5 Å². The summed E-state index contributed by atoms with van der Waals surface area (Å²) in [6, 6.07) is 2.59. The molecular formula is C15H14F2N2O4S. The first kappa shape index (κ1) is 17.9. The molecule has 1 aliphatic heterocycles. The van der Waals surface area contributed by atoms with E-state index in [-0.39, 0.29) is 30.5 Å². The van der Waals surface area contributed by atoms with Crippen LogP contribution in [0.2, 0.25) is 0 Å². The molecule has 1 fully saturated rings. The third kappa shape index (κ3) is 4.79. The fourth-order valence-electron chi connectivity index (χ4n) is 1.95. The molecule has 9 heteroatoms. The topological polar surface area (TPSA) is 75.7 Å². The van der Waals surface area contributed by atoms with Crippen LogP contribution in [0.4, 0.5) is 14.5 Å². The maximum absolute atomic E-state index is 13.1. The summed E-state index contributed by atoms with van der Waals surface area (Å²) in [6.45, 7) is 1.45. The molecule has 128 valence electrons. The average Bonchev–Trinajstić information content (AvgIpc) is 2.79. The van der Waals surface area contributed by atoms with Gasteiger partial charge in [-0.1, -0.05) is 11.8 Å². The number of hydrogen-bond acceptors (Lipinski definition) is 5. The Hall–Kier alpha value is -2.42. The molecule has 1 N–H and O–H groups in total. The number of nitrogens with one attached hydrogen (secondary N) is 1. The summed E-state index contributed by atoms with van der Waals surface area (Å²) in [5.74, 6) is -3.19. The Balaban J connectivity index is 2.05. The van der Waals surface area contributed by atoms with Crippen LogP contribution in [0.5, 0.6) is 0 Å². The second-order valence-electron chi connectivity index (χ2n) is 4.71. The molecule has 0 spiro atoms. The van der Waals surface area contributed by atoms with E-state index >= 15 is 0 Å². The lowest BCUT2D eigenvalue weighted by atomic mass is 10.3. The van der Waals surface area contributed by atoms with E-state index in [0.717, 1.165) is 34.9 Å². The predicted molar refractivity (Wildman–Crippen MR) is 83.9 cm³/mol. The quantitative estimate of drug-likeness (QED) is 0.644. The lowest BCUT2D eigenvalue weighted by molar-refractivity contribution is -0.137. The number of thioether (sulfide) groups is 1. The van der Waals surface area contributed by atoms with Crippen molar-refractivity contribution in [2.45, 2.75) is 6.92 Å². The molecule has 1 saturated heterocycles. The number of amides is 2. The van der Waals surface area contributed by atoms with Crippen molar-refractivity contribution in [2.24, 2.45) is 0 Å². The molecular weight excluding hydrogens is 342 g/mol. The molecule has 0 bridgehead atoms. The van der Waals surface area contributed by atoms with E-state index in [1.807, 2.05) is 0 Å². The monoisotopic (exact) mass is 356 g/mol. The Morgan fingerprint density at radius 2 is 2.00 bits per heavy atom. The summed E-state index contributed by atoms with van der Waals surface area (Å²) in [5, 5.41) is 2.60. The van der Waals surface area contributed by atoms with Crippen LogP contribution in [0.25, 0.3) is 0 Å². The SMILES string of the molecule is CCOC(=O)/C=C1\SCC(=O)N1CC(=O)Nc1cc(F)cc(F)c1. The minimum Gasteiger partial charge on any atom is -0.463 e. The molecule has 2 rings (SSSR count). The Labute approximate surface area is 140 Å². The van der Waals surface area contributed by atoms with Gasteiger partial charge in [-0.25, -0.2) is 13.6 Å². The van der Waals surface area contributed by atoms with Crippen molar-refractivity contribution in [3.05, 3.63) is 40.9 Å². The highest BCUT2D eigenvalue weighted by molar-refractivity contribution is 8.04. The summed E-state index contributed by atoms with van der Waals surface area (Å²) >= 11 is 1.10. The van der Waals surface area contributed by atoms with Gasteiger partial charge in [-0.15, -0.1) is 0 Å². The van der Waals surface area contributed by atoms with Gasteiger partial charge in [0.25, 0.3) is 0 Å². The van der Waals surface area contributed by atoms with Crippen molar-refractivity contribution in [1.29, 1.82) is 0 Å². The number of benzene rings is 1. The summed E-state index contributed by atoms with van der Waals surface area (Å²) in [6.07, 6.45) is 1.13. The fourth-order valence-corrected chi connectivity index (χ4v) is 2.88. The number of hydrogen-bond donors (Lipinski definition) is 1.